The van der Waals surface area contributed by atoms with Gasteiger partial charge in [0, 0.05) is 31.9 Å². The topological polar surface area (TPSA) is 73.5 Å². The van der Waals surface area contributed by atoms with E-state index < -0.39 is 0 Å². The highest BCUT2D eigenvalue weighted by molar-refractivity contribution is 5.89. The number of benzene rings is 1. The number of likely N-dealkylation sites (tertiary alicyclic amines) is 1. The maximum atomic E-state index is 12.4. The summed E-state index contributed by atoms with van der Waals surface area (Å²) >= 11 is 0. The molecule has 2 fully saturated rings. The molecule has 0 radical (unpaired) electrons. The highest BCUT2D eigenvalue weighted by Crippen LogP contribution is 2.27. The number of hydrogen-bond acceptors (Lipinski definition) is 2. The molecule has 1 aliphatic heterocycles. The van der Waals surface area contributed by atoms with E-state index >= 15 is 0 Å². The van der Waals surface area contributed by atoms with Gasteiger partial charge in [-0.05, 0) is 50.2 Å². The van der Waals surface area contributed by atoms with E-state index in [1.54, 1.807) is 0 Å². The van der Waals surface area contributed by atoms with Gasteiger partial charge in [-0.25, -0.2) is 9.59 Å². The summed E-state index contributed by atoms with van der Waals surface area (Å²) in [5, 5.41) is 8.89. The molecule has 1 aromatic rings. The Hall–Kier alpha value is -2.24. The summed E-state index contributed by atoms with van der Waals surface area (Å²) in [7, 11) is 0. The van der Waals surface area contributed by atoms with Crippen molar-refractivity contribution in [3.05, 3.63) is 29.8 Å². The van der Waals surface area contributed by atoms with Crippen LogP contribution in [0.4, 0.5) is 15.3 Å². The van der Waals surface area contributed by atoms with Crippen LogP contribution >= 0.6 is 0 Å². The van der Waals surface area contributed by atoms with E-state index in [0.29, 0.717) is 19.0 Å². The molecule has 6 heteroatoms. The Kier molecular flexibility index (Phi) is 7.57. The summed E-state index contributed by atoms with van der Waals surface area (Å²) in [6.45, 7) is 4.90. The van der Waals surface area contributed by atoms with Gasteiger partial charge >= 0.3 is 12.1 Å². The van der Waals surface area contributed by atoms with Gasteiger partial charge in [-0.3, -0.25) is 0 Å². The van der Waals surface area contributed by atoms with E-state index in [1.165, 1.54) is 25.7 Å². The average molecular weight is 387 g/mol. The highest BCUT2D eigenvalue weighted by atomic mass is 16.2. The molecule has 1 aromatic carbocycles. The molecule has 0 aromatic heterocycles. The highest BCUT2D eigenvalue weighted by Gasteiger charge is 2.24. The van der Waals surface area contributed by atoms with Crippen LogP contribution in [0.5, 0.6) is 0 Å². The van der Waals surface area contributed by atoms with Crippen molar-refractivity contribution in [2.75, 3.05) is 31.5 Å². The predicted octanol–water partition coefficient (Wildman–Crippen LogP) is 4.12. The second-order valence-corrected chi connectivity index (χ2v) is 8.33. The largest absolute Gasteiger partial charge is 0.338 e. The van der Waals surface area contributed by atoms with E-state index in [0.717, 1.165) is 49.5 Å². The number of hydrogen-bond donors (Lipinski definition) is 3. The van der Waals surface area contributed by atoms with Crippen molar-refractivity contribution in [2.45, 2.75) is 51.9 Å². The van der Waals surface area contributed by atoms with Crippen LogP contribution in [-0.4, -0.2) is 43.1 Å². The van der Waals surface area contributed by atoms with Crippen LogP contribution in [-0.2, 0) is 0 Å². The molecule has 1 atom stereocenters. The molecule has 4 amide bonds. The molecule has 3 N–H and O–H groups in total. The smallest absolute Gasteiger partial charge is 0.319 e. The van der Waals surface area contributed by atoms with Crippen LogP contribution in [0.2, 0.25) is 0 Å². The second-order valence-electron chi connectivity index (χ2n) is 8.33. The molecule has 2 aliphatic rings. The third-order valence-electron chi connectivity index (χ3n) is 5.97. The minimum absolute atomic E-state index is 0.0480. The van der Waals surface area contributed by atoms with Gasteiger partial charge in [0.05, 0.1) is 0 Å². The van der Waals surface area contributed by atoms with Gasteiger partial charge in [-0.2, -0.15) is 0 Å². The standard InChI is InChI=1S/C22H34N4O2/c1-17-8-10-20(11-9-17)25-21(27)24-15-19-7-4-14-26(16-19)22(28)23-13-12-18-5-2-3-6-18/h8-11,18-19H,2-7,12-16H2,1H3,(H,23,28)(H2,24,25,27). The fraction of sp³-hybridized carbons (Fsp3) is 0.636. The van der Waals surface area contributed by atoms with Crippen molar-refractivity contribution in [3.8, 4) is 0 Å². The van der Waals surface area contributed by atoms with Crippen molar-refractivity contribution in [1.82, 2.24) is 15.5 Å². The summed E-state index contributed by atoms with van der Waals surface area (Å²) in [6.07, 6.45) is 8.45. The Bertz CT molecular complexity index is 640. The first-order chi connectivity index (χ1) is 13.6. The van der Waals surface area contributed by atoms with Gasteiger partial charge in [-0.1, -0.05) is 43.4 Å². The fourth-order valence-electron chi connectivity index (χ4n) is 4.26. The zero-order valence-corrected chi connectivity index (χ0v) is 17.0. The van der Waals surface area contributed by atoms with Gasteiger partial charge in [0.25, 0.3) is 0 Å². The first-order valence-electron chi connectivity index (χ1n) is 10.7. The van der Waals surface area contributed by atoms with Gasteiger partial charge in [0.1, 0.15) is 0 Å². The maximum Gasteiger partial charge on any atom is 0.319 e. The van der Waals surface area contributed by atoms with E-state index in [9.17, 15) is 9.59 Å². The summed E-state index contributed by atoms with van der Waals surface area (Å²) < 4.78 is 0. The van der Waals surface area contributed by atoms with Crippen molar-refractivity contribution in [3.63, 3.8) is 0 Å². The van der Waals surface area contributed by atoms with Crippen LogP contribution < -0.4 is 16.0 Å². The molecule has 1 unspecified atom stereocenters. The molecular weight excluding hydrogens is 352 g/mol. The van der Waals surface area contributed by atoms with Crippen LogP contribution in [0.1, 0.15) is 50.5 Å². The van der Waals surface area contributed by atoms with Crippen molar-refractivity contribution in [2.24, 2.45) is 11.8 Å². The lowest BCUT2D eigenvalue weighted by Crippen LogP contribution is -2.48. The van der Waals surface area contributed by atoms with Gasteiger partial charge in [-0.15, -0.1) is 0 Å². The predicted molar refractivity (Wildman–Crippen MR) is 112 cm³/mol. The molecule has 0 spiro atoms. The summed E-state index contributed by atoms with van der Waals surface area (Å²) in [4.78, 5) is 26.5. The lowest BCUT2D eigenvalue weighted by molar-refractivity contribution is 0.164. The lowest BCUT2D eigenvalue weighted by Gasteiger charge is -2.33. The molecule has 1 aliphatic carbocycles. The third-order valence-corrected chi connectivity index (χ3v) is 5.97. The van der Waals surface area contributed by atoms with E-state index in [4.69, 9.17) is 0 Å². The third kappa shape index (κ3) is 6.43. The zero-order valence-electron chi connectivity index (χ0n) is 17.0. The number of nitrogens with one attached hydrogen (secondary N) is 3. The van der Waals surface area contributed by atoms with Gasteiger partial charge < -0.3 is 20.9 Å². The van der Waals surface area contributed by atoms with Crippen LogP contribution in [0, 0.1) is 18.8 Å². The minimum Gasteiger partial charge on any atom is -0.338 e. The summed E-state index contributed by atoms with van der Waals surface area (Å²) in [5.74, 6) is 1.10. The van der Waals surface area contributed by atoms with Crippen molar-refractivity contribution >= 4 is 17.7 Å². The van der Waals surface area contributed by atoms with Crippen LogP contribution in [0.15, 0.2) is 24.3 Å². The molecule has 1 saturated carbocycles. The molecule has 154 valence electrons. The van der Waals surface area contributed by atoms with E-state index in [2.05, 4.69) is 16.0 Å². The van der Waals surface area contributed by atoms with Crippen LogP contribution in [0.3, 0.4) is 0 Å². The number of nitrogens with zero attached hydrogens (tertiary/aromatic N) is 1. The summed E-state index contributed by atoms with van der Waals surface area (Å²) in [5.41, 5.74) is 1.95. The van der Waals surface area contributed by atoms with Gasteiger partial charge in [0.15, 0.2) is 0 Å². The number of carbonyl (C=O) groups excluding carboxylic acids is 2. The monoisotopic (exact) mass is 386 g/mol. The molecule has 1 heterocycles. The molecule has 28 heavy (non-hydrogen) atoms. The van der Waals surface area contributed by atoms with Crippen molar-refractivity contribution < 1.29 is 9.59 Å². The van der Waals surface area contributed by atoms with E-state index in [1.807, 2.05) is 36.1 Å². The Labute approximate surface area is 168 Å². The SMILES string of the molecule is Cc1ccc(NC(=O)NCC2CCCN(C(=O)NCCC3CCCC3)C2)cc1. The molecule has 0 bridgehead atoms. The van der Waals surface area contributed by atoms with E-state index in [-0.39, 0.29) is 12.1 Å². The van der Waals surface area contributed by atoms with Crippen LogP contribution in [0.25, 0.3) is 0 Å². The Morgan fingerprint density at radius 1 is 1.00 bits per heavy atom. The number of rotatable bonds is 6. The number of anilines is 1. The van der Waals surface area contributed by atoms with Crippen molar-refractivity contribution in [1.29, 1.82) is 0 Å². The minimum atomic E-state index is -0.193. The average Bonchev–Trinajstić information content (AvgIpc) is 3.22. The maximum absolute atomic E-state index is 12.4. The normalized spacial score (nSPS) is 20.0. The number of aryl methyl sites for hydroxylation is 1. The number of amides is 4. The fourth-order valence-corrected chi connectivity index (χ4v) is 4.26. The number of carbonyl (C=O) groups is 2. The first kappa shape index (κ1) is 20.5. The Balaban J connectivity index is 1.34. The molecule has 1 saturated heterocycles. The zero-order chi connectivity index (χ0) is 19.8. The molecular formula is C22H34N4O2. The summed E-state index contributed by atoms with van der Waals surface area (Å²) in [6, 6.07) is 7.59. The number of urea groups is 2. The Morgan fingerprint density at radius 3 is 2.46 bits per heavy atom. The Morgan fingerprint density at radius 2 is 1.71 bits per heavy atom. The molecule has 6 nitrogen and oxygen atoms in total. The van der Waals surface area contributed by atoms with Gasteiger partial charge in [0.2, 0.25) is 0 Å². The molecule has 3 rings (SSSR count). The lowest BCUT2D eigenvalue weighted by atomic mass is 9.98. The number of piperidine rings is 1. The first-order valence-corrected chi connectivity index (χ1v) is 10.7. The second kappa shape index (κ2) is 10.3. The quantitative estimate of drug-likeness (QED) is 0.688.